The highest BCUT2D eigenvalue weighted by Gasteiger charge is 2.44. The van der Waals surface area contributed by atoms with Crippen molar-refractivity contribution in [2.45, 2.75) is 74.8 Å². The number of aliphatic hydroxyl groups is 5. The number of benzene rings is 2. The third-order valence-electron chi connectivity index (χ3n) is 6.51. The van der Waals surface area contributed by atoms with E-state index in [0.717, 1.165) is 36.1 Å². The van der Waals surface area contributed by atoms with E-state index in [-0.39, 0.29) is 12.2 Å². The zero-order chi connectivity index (χ0) is 23.5. The maximum atomic E-state index is 10.4. The standard InChI is InChI=1S/C25H31ClO7/c26-20-9-6-15(25-24(31)23(30)22(29)21(13-27)33-25)11-16(20)10-14-4-7-18(8-5-14)32-19-3-1-2-17(28)12-19/h4-9,11,17,19,21-25,27-31H,1-3,10,12-13H2/t17?,19?,21-,22-,23+,24-,25+/m1/s1. The summed E-state index contributed by atoms with van der Waals surface area (Å²) in [6, 6.07) is 13.0. The summed E-state index contributed by atoms with van der Waals surface area (Å²) in [5, 5.41) is 50.4. The van der Waals surface area contributed by atoms with Crippen LogP contribution in [0.2, 0.25) is 5.02 Å². The molecule has 1 saturated carbocycles. The molecular formula is C25H31ClO7. The van der Waals surface area contributed by atoms with Gasteiger partial charge in [0, 0.05) is 11.4 Å². The minimum absolute atomic E-state index is 0.0317. The van der Waals surface area contributed by atoms with Gasteiger partial charge in [0.1, 0.15) is 42.4 Å². The predicted molar refractivity (Wildman–Crippen MR) is 122 cm³/mol. The van der Waals surface area contributed by atoms with E-state index in [1.54, 1.807) is 12.1 Å². The van der Waals surface area contributed by atoms with E-state index < -0.39 is 37.1 Å². The maximum Gasteiger partial charge on any atom is 0.119 e. The molecule has 0 bridgehead atoms. The summed E-state index contributed by atoms with van der Waals surface area (Å²) in [4.78, 5) is 0. The molecule has 4 rings (SSSR count). The van der Waals surface area contributed by atoms with Gasteiger partial charge in [0.15, 0.2) is 0 Å². The van der Waals surface area contributed by atoms with Crippen molar-refractivity contribution in [1.82, 2.24) is 0 Å². The van der Waals surface area contributed by atoms with Gasteiger partial charge in [-0.1, -0.05) is 35.9 Å². The van der Waals surface area contributed by atoms with E-state index in [1.165, 1.54) is 0 Å². The van der Waals surface area contributed by atoms with Gasteiger partial charge in [-0.05, 0) is 60.6 Å². The fourth-order valence-electron chi connectivity index (χ4n) is 4.61. The first-order valence-corrected chi connectivity index (χ1v) is 11.8. The Morgan fingerprint density at radius 2 is 1.70 bits per heavy atom. The van der Waals surface area contributed by atoms with Gasteiger partial charge >= 0.3 is 0 Å². The highest BCUT2D eigenvalue weighted by Crippen LogP contribution is 2.34. The number of hydrogen-bond donors (Lipinski definition) is 5. The van der Waals surface area contributed by atoms with Gasteiger partial charge in [0.25, 0.3) is 0 Å². The Bertz CT molecular complexity index is 919. The summed E-state index contributed by atoms with van der Waals surface area (Å²) < 4.78 is 11.7. The molecule has 1 aliphatic carbocycles. The van der Waals surface area contributed by atoms with Gasteiger partial charge in [-0.25, -0.2) is 0 Å². The number of aliphatic hydroxyl groups excluding tert-OH is 5. The lowest BCUT2D eigenvalue weighted by Crippen LogP contribution is -2.55. The molecule has 0 radical (unpaired) electrons. The molecule has 180 valence electrons. The summed E-state index contributed by atoms with van der Waals surface area (Å²) in [5.74, 6) is 0.763. The summed E-state index contributed by atoms with van der Waals surface area (Å²) in [6.07, 6.45) is -2.37. The Hall–Kier alpha value is -1.71. The molecule has 5 N–H and O–H groups in total. The van der Waals surface area contributed by atoms with Crippen LogP contribution >= 0.6 is 11.6 Å². The normalized spacial score (nSPS) is 32.5. The van der Waals surface area contributed by atoms with Crippen molar-refractivity contribution in [3.8, 4) is 5.75 Å². The van der Waals surface area contributed by atoms with Crippen molar-refractivity contribution >= 4 is 11.6 Å². The molecule has 2 aromatic rings. The van der Waals surface area contributed by atoms with Crippen LogP contribution in [0.3, 0.4) is 0 Å². The predicted octanol–water partition coefficient (Wildman–Crippen LogP) is 2.13. The molecule has 7 atom stereocenters. The summed E-state index contributed by atoms with van der Waals surface area (Å²) in [7, 11) is 0. The molecule has 7 nitrogen and oxygen atoms in total. The van der Waals surface area contributed by atoms with Crippen molar-refractivity contribution in [3.63, 3.8) is 0 Å². The molecule has 1 aliphatic heterocycles. The molecule has 33 heavy (non-hydrogen) atoms. The molecule has 8 heteroatoms. The second-order valence-corrected chi connectivity index (χ2v) is 9.39. The van der Waals surface area contributed by atoms with E-state index in [2.05, 4.69) is 0 Å². The first-order valence-electron chi connectivity index (χ1n) is 11.4. The van der Waals surface area contributed by atoms with E-state index in [0.29, 0.717) is 23.4 Å². The molecule has 2 unspecified atom stereocenters. The smallest absolute Gasteiger partial charge is 0.119 e. The van der Waals surface area contributed by atoms with Crippen LogP contribution in [0.25, 0.3) is 0 Å². The van der Waals surface area contributed by atoms with Crippen LogP contribution in [0.1, 0.15) is 48.5 Å². The zero-order valence-electron chi connectivity index (χ0n) is 18.3. The van der Waals surface area contributed by atoms with Gasteiger partial charge in [0.05, 0.1) is 12.7 Å². The number of hydrogen-bond acceptors (Lipinski definition) is 7. The van der Waals surface area contributed by atoms with Gasteiger partial charge in [-0.3, -0.25) is 0 Å². The molecule has 1 saturated heterocycles. The Morgan fingerprint density at radius 3 is 2.39 bits per heavy atom. The Morgan fingerprint density at radius 1 is 0.939 bits per heavy atom. The molecule has 2 aliphatic rings. The molecule has 0 amide bonds. The average Bonchev–Trinajstić information content (AvgIpc) is 2.81. The third-order valence-corrected chi connectivity index (χ3v) is 6.88. The van der Waals surface area contributed by atoms with E-state index >= 15 is 0 Å². The first-order chi connectivity index (χ1) is 15.9. The van der Waals surface area contributed by atoms with E-state index in [9.17, 15) is 25.5 Å². The molecule has 0 spiro atoms. The minimum atomic E-state index is -1.43. The van der Waals surface area contributed by atoms with E-state index in [1.807, 2.05) is 30.3 Å². The van der Waals surface area contributed by atoms with Crippen molar-refractivity contribution in [1.29, 1.82) is 0 Å². The highest BCUT2D eigenvalue weighted by molar-refractivity contribution is 6.31. The molecule has 2 fully saturated rings. The highest BCUT2D eigenvalue weighted by atomic mass is 35.5. The first kappa shape index (κ1) is 24.4. The minimum Gasteiger partial charge on any atom is -0.490 e. The SMILES string of the molecule is OC[C@H]1O[C@@H](c2ccc(Cl)c(Cc3ccc(OC4CCCC(O)C4)cc3)c2)[C@H](O)[C@@H](O)[C@@H]1O. The monoisotopic (exact) mass is 478 g/mol. The number of halogens is 1. The van der Waals surface area contributed by atoms with Crippen molar-refractivity contribution < 1.29 is 35.0 Å². The topological polar surface area (TPSA) is 120 Å². The van der Waals surface area contributed by atoms with Gasteiger partial charge in [-0.15, -0.1) is 0 Å². The fraction of sp³-hybridized carbons (Fsp3) is 0.520. The van der Waals surface area contributed by atoms with Crippen LogP contribution in [0.5, 0.6) is 5.75 Å². The van der Waals surface area contributed by atoms with E-state index in [4.69, 9.17) is 21.1 Å². The lowest BCUT2D eigenvalue weighted by Gasteiger charge is -2.40. The zero-order valence-corrected chi connectivity index (χ0v) is 19.0. The van der Waals surface area contributed by atoms with Crippen LogP contribution < -0.4 is 4.74 Å². The fourth-order valence-corrected chi connectivity index (χ4v) is 4.79. The summed E-state index contributed by atoms with van der Waals surface area (Å²) >= 11 is 6.42. The van der Waals surface area contributed by atoms with Crippen molar-refractivity contribution in [2.24, 2.45) is 0 Å². The Balaban J connectivity index is 1.46. The second-order valence-electron chi connectivity index (χ2n) is 8.98. The summed E-state index contributed by atoms with van der Waals surface area (Å²) in [5.41, 5.74) is 2.43. The molecule has 1 heterocycles. The quantitative estimate of drug-likeness (QED) is 0.431. The van der Waals surface area contributed by atoms with Gasteiger partial charge < -0.3 is 35.0 Å². The van der Waals surface area contributed by atoms with Crippen molar-refractivity contribution in [3.05, 3.63) is 64.2 Å². The van der Waals surface area contributed by atoms with Crippen LogP contribution in [-0.2, 0) is 11.2 Å². The third kappa shape index (κ3) is 5.69. The van der Waals surface area contributed by atoms with Crippen LogP contribution in [0.4, 0.5) is 0 Å². The van der Waals surface area contributed by atoms with Crippen LogP contribution in [0.15, 0.2) is 42.5 Å². The lowest BCUT2D eigenvalue weighted by atomic mass is 9.90. The maximum absolute atomic E-state index is 10.4. The molecule has 0 aromatic heterocycles. The van der Waals surface area contributed by atoms with Gasteiger partial charge in [-0.2, -0.15) is 0 Å². The van der Waals surface area contributed by atoms with Crippen LogP contribution in [-0.4, -0.2) is 68.8 Å². The van der Waals surface area contributed by atoms with Gasteiger partial charge in [0.2, 0.25) is 0 Å². The molecule has 2 aromatic carbocycles. The van der Waals surface area contributed by atoms with Crippen molar-refractivity contribution in [2.75, 3.05) is 6.61 Å². The average molecular weight is 479 g/mol. The lowest BCUT2D eigenvalue weighted by molar-refractivity contribution is -0.231. The molecular weight excluding hydrogens is 448 g/mol. The largest absolute Gasteiger partial charge is 0.490 e. The second kappa shape index (κ2) is 10.7. The Labute approximate surface area is 198 Å². The number of rotatable bonds is 6. The van der Waals surface area contributed by atoms with Crippen LogP contribution in [0, 0.1) is 0 Å². The Kier molecular flexibility index (Phi) is 7.91. The summed E-state index contributed by atoms with van der Waals surface area (Å²) in [6.45, 7) is -0.476. The number of ether oxygens (including phenoxy) is 2.